The minimum Gasteiger partial charge on any atom is -0.329 e. The van der Waals surface area contributed by atoms with E-state index in [4.69, 9.17) is 11.6 Å². The van der Waals surface area contributed by atoms with Crippen molar-refractivity contribution in [1.29, 1.82) is 0 Å². The van der Waals surface area contributed by atoms with Gasteiger partial charge in [0.2, 0.25) is 12.3 Å². The van der Waals surface area contributed by atoms with E-state index >= 15 is 0 Å². The Morgan fingerprint density at radius 3 is 2.19 bits per heavy atom. The van der Waals surface area contributed by atoms with Gasteiger partial charge in [0, 0.05) is 22.8 Å². The largest absolute Gasteiger partial charge is 0.329 e. The highest BCUT2D eigenvalue weighted by atomic mass is 35.5. The Bertz CT molecular complexity index is 736. The van der Waals surface area contributed by atoms with Gasteiger partial charge in [0.15, 0.2) is 0 Å². The van der Waals surface area contributed by atoms with Gasteiger partial charge in [0.05, 0.1) is 0 Å². The number of carbonyl (C=O) groups excluding carboxylic acids is 2. The van der Waals surface area contributed by atoms with Gasteiger partial charge in [-0.1, -0.05) is 23.7 Å². The van der Waals surface area contributed by atoms with Gasteiger partial charge in [0.25, 0.3) is 0 Å². The normalized spacial score (nSPS) is 19.6. The van der Waals surface area contributed by atoms with Gasteiger partial charge >= 0.3 is 0 Å². The summed E-state index contributed by atoms with van der Waals surface area (Å²) in [7, 11) is 0. The van der Waals surface area contributed by atoms with Gasteiger partial charge in [-0.05, 0) is 79.5 Å². The second-order valence-electron chi connectivity index (χ2n) is 6.86. The van der Waals surface area contributed by atoms with Crippen molar-refractivity contribution >= 4 is 35.3 Å². The van der Waals surface area contributed by atoms with Crippen molar-refractivity contribution < 1.29 is 9.59 Å². The maximum Gasteiger partial charge on any atom is 0.224 e. The van der Waals surface area contributed by atoms with Crippen molar-refractivity contribution in [3.8, 4) is 0 Å². The number of amides is 2. The molecule has 5 heteroatoms. The molecule has 0 heterocycles. The van der Waals surface area contributed by atoms with Crippen molar-refractivity contribution in [3.63, 3.8) is 0 Å². The predicted molar refractivity (Wildman–Crippen MR) is 106 cm³/mol. The lowest BCUT2D eigenvalue weighted by atomic mass is 9.77. The van der Waals surface area contributed by atoms with Crippen LogP contribution in [0.5, 0.6) is 0 Å². The third-order valence-electron chi connectivity index (χ3n) is 5.06. The summed E-state index contributed by atoms with van der Waals surface area (Å²) in [6, 6.07) is 15.2. The van der Waals surface area contributed by atoms with Gasteiger partial charge in [-0.25, -0.2) is 0 Å². The first kappa shape index (κ1) is 18.5. The van der Waals surface area contributed by atoms with E-state index in [9.17, 15) is 9.59 Å². The van der Waals surface area contributed by atoms with Crippen LogP contribution >= 0.6 is 11.6 Å². The Balaban J connectivity index is 1.46. The third kappa shape index (κ3) is 5.09. The van der Waals surface area contributed by atoms with E-state index in [0.29, 0.717) is 29.7 Å². The molecule has 1 aliphatic carbocycles. The second-order valence-corrected chi connectivity index (χ2v) is 7.30. The third-order valence-corrected chi connectivity index (χ3v) is 5.31. The molecule has 0 aliphatic heterocycles. The molecule has 0 radical (unpaired) electrons. The van der Waals surface area contributed by atoms with Gasteiger partial charge in [-0.15, -0.1) is 0 Å². The molecule has 0 saturated heterocycles. The summed E-state index contributed by atoms with van der Waals surface area (Å²) in [6.45, 7) is 0. The zero-order chi connectivity index (χ0) is 18.4. The van der Waals surface area contributed by atoms with E-state index in [1.54, 1.807) is 12.1 Å². The van der Waals surface area contributed by atoms with Crippen LogP contribution in [0.3, 0.4) is 0 Å². The van der Waals surface area contributed by atoms with Crippen molar-refractivity contribution in [2.45, 2.75) is 38.0 Å². The highest BCUT2D eigenvalue weighted by Gasteiger charge is 2.24. The lowest BCUT2D eigenvalue weighted by Gasteiger charge is -2.28. The molecule has 2 aromatic carbocycles. The van der Waals surface area contributed by atoms with Gasteiger partial charge in [-0.2, -0.15) is 0 Å². The van der Waals surface area contributed by atoms with E-state index in [2.05, 4.69) is 22.8 Å². The number of carbonyl (C=O) groups is 2. The first-order chi connectivity index (χ1) is 12.6. The number of nitrogens with one attached hydrogen (secondary N) is 2. The maximum absolute atomic E-state index is 12.2. The minimum atomic E-state index is 0.0695. The quantitative estimate of drug-likeness (QED) is 0.685. The molecular weight excluding hydrogens is 348 g/mol. The number of benzene rings is 2. The van der Waals surface area contributed by atoms with Gasteiger partial charge in [-0.3, -0.25) is 9.59 Å². The van der Waals surface area contributed by atoms with Crippen LogP contribution in [0.25, 0.3) is 0 Å². The number of anilines is 2. The molecule has 0 unspecified atom stereocenters. The minimum absolute atomic E-state index is 0.0695. The van der Waals surface area contributed by atoms with Crippen LogP contribution in [-0.4, -0.2) is 12.3 Å². The maximum atomic E-state index is 12.2. The average molecular weight is 371 g/mol. The van der Waals surface area contributed by atoms with E-state index in [1.807, 2.05) is 24.3 Å². The van der Waals surface area contributed by atoms with E-state index in [0.717, 1.165) is 37.1 Å². The van der Waals surface area contributed by atoms with Crippen molar-refractivity contribution in [2.75, 3.05) is 10.6 Å². The monoisotopic (exact) mass is 370 g/mol. The van der Waals surface area contributed by atoms with Crippen molar-refractivity contribution in [3.05, 3.63) is 59.1 Å². The fourth-order valence-electron chi connectivity index (χ4n) is 3.63. The smallest absolute Gasteiger partial charge is 0.224 e. The van der Waals surface area contributed by atoms with Crippen LogP contribution < -0.4 is 10.6 Å². The summed E-state index contributed by atoms with van der Waals surface area (Å²) in [4.78, 5) is 22.7. The molecule has 2 aromatic rings. The molecule has 1 aliphatic rings. The standard InChI is InChI=1S/C21H23ClN2O2/c22-18-7-11-20(12-8-18)24-21(26)13-15-1-3-16(4-2-15)17-5-9-19(10-6-17)23-14-25/h5-12,14-16H,1-4,13H2,(H,23,25)(H,24,26). The SMILES string of the molecule is O=CNc1ccc(C2CCC(CC(=O)Nc3ccc(Cl)cc3)CC2)cc1. The summed E-state index contributed by atoms with van der Waals surface area (Å²) >= 11 is 5.86. The molecule has 2 N–H and O–H groups in total. The van der Waals surface area contributed by atoms with Gasteiger partial charge in [0.1, 0.15) is 0 Å². The summed E-state index contributed by atoms with van der Waals surface area (Å²) in [5.41, 5.74) is 2.92. The van der Waals surface area contributed by atoms with Crippen molar-refractivity contribution in [1.82, 2.24) is 0 Å². The highest BCUT2D eigenvalue weighted by Crippen LogP contribution is 2.37. The molecule has 2 amide bonds. The molecule has 0 atom stereocenters. The number of halogens is 1. The summed E-state index contributed by atoms with van der Waals surface area (Å²) < 4.78 is 0. The lowest BCUT2D eigenvalue weighted by molar-refractivity contribution is -0.117. The Morgan fingerprint density at radius 2 is 1.58 bits per heavy atom. The fraction of sp³-hybridized carbons (Fsp3) is 0.333. The lowest BCUT2D eigenvalue weighted by Crippen LogP contribution is -2.20. The molecule has 1 fully saturated rings. The van der Waals surface area contributed by atoms with Crippen LogP contribution in [0.2, 0.25) is 5.02 Å². The van der Waals surface area contributed by atoms with Gasteiger partial charge < -0.3 is 10.6 Å². The van der Waals surface area contributed by atoms with Crippen LogP contribution in [0, 0.1) is 5.92 Å². The molecule has 0 aromatic heterocycles. The first-order valence-corrected chi connectivity index (χ1v) is 9.37. The molecule has 4 nitrogen and oxygen atoms in total. The molecule has 3 rings (SSSR count). The van der Waals surface area contributed by atoms with Crippen LogP contribution in [0.15, 0.2) is 48.5 Å². The topological polar surface area (TPSA) is 58.2 Å². The first-order valence-electron chi connectivity index (χ1n) is 8.99. The molecule has 26 heavy (non-hydrogen) atoms. The van der Waals surface area contributed by atoms with E-state index in [-0.39, 0.29) is 5.91 Å². The van der Waals surface area contributed by atoms with E-state index < -0.39 is 0 Å². The zero-order valence-corrected chi connectivity index (χ0v) is 15.3. The Labute approximate surface area is 158 Å². The second kappa shape index (κ2) is 8.86. The predicted octanol–water partition coefficient (Wildman–Crippen LogP) is 5.21. The Kier molecular flexibility index (Phi) is 6.29. The Hall–Kier alpha value is -2.33. The average Bonchev–Trinajstić information content (AvgIpc) is 2.65. The van der Waals surface area contributed by atoms with Crippen LogP contribution in [-0.2, 0) is 9.59 Å². The summed E-state index contributed by atoms with van der Waals surface area (Å²) in [6.07, 6.45) is 5.58. The number of rotatable bonds is 6. The molecule has 136 valence electrons. The zero-order valence-electron chi connectivity index (χ0n) is 14.6. The molecular formula is C21H23ClN2O2. The fourth-order valence-corrected chi connectivity index (χ4v) is 3.75. The molecule has 1 saturated carbocycles. The Morgan fingerprint density at radius 1 is 0.962 bits per heavy atom. The number of hydrogen-bond donors (Lipinski definition) is 2. The molecule has 0 spiro atoms. The number of hydrogen-bond acceptors (Lipinski definition) is 2. The van der Waals surface area contributed by atoms with Crippen LogP contribution in [0.4, 0.5) is 11.4 Å². The van der Waals surface area contributed by atoms with Crippen LogP contribution in [0.1, 0.15) is 43.6 Å². The molecule has 0 bridgehead atoms. The van der Waals surface area contributed by atoms with Crippen molar-refractivity contribution in [2.24, 2.45) is 5.92 Å². The van der Waals surface area contributed by atoms with E-state index in [1.165, 1.54) is 5.56 Å². The highest BCUT2D eigenvalue weighted by molar-refractivity contribution is 6.30. The summed E-state index contributed by atoms with van der Waals surface area (Å²) in [5.74, 6) is 1.05. The summed E-state index contributed by atoms with van der Waals surface area (Å²) in [5, 5.41) is 6.26.